The second kappa shape index (κ2) is 8.95. The van der Waals surface area contributed by atoms with Gasteiger partial charge in [-0.3, -0.25) is 5.10 Å². The van der Waals surface area contributed by atoms with E-state index in [1.165, 1.54) is 0 Å². The molecule has 3 aromatic heterocycles. The highest BCUT2D eigenvalue weighted by Crippen LogP contribution is 2.43. The fraction of sp³-hybridized carbons (Fsp3) is 0.444. The summed E-state index contributed by atoms with van der Waals surface area (Å²) in [4.78, 5) is 30.3. The van der Waals surface area contributed by atoms with E-state index in [1.54, 1.807) is 11.1 Å². The van der Waals surface area contributed by atoms with E-state index in [9.17, 15) is 4.79 Å². The number of pyridine rings is 1. The lowest BCUT2D eigenvalue weighted by Crippen LogP contribution is -2.62. The van der Waals surface area contributed by atoms with E-state index in [-0.39, 0.29) is 16.8 Å². The van der Waals surface area contributed by atoms with Crippen molar-refractivity contribution in [2.24, 2.45) is 5.41 Å². The average Bonchev–Trinajstić information content (AvgIpc) is 3.30. The van der Waals surface area contributed by atoms with Gasteiger partial charge in [0.05, 0.1) is 27.8 Å². The molecule has 9 nitrogen and oxygen atoms in total. The monoisotopic (exact) mass is 553 g/mol. The number of aryl methyl sites for hydroxylation is 1. The van der Waals surface area contributed by atoms with E-state index in [4.69, 9.17) is 32.9 Å². The van der Waals surface area contributed by atoms with Crippen molar-refractivity contribution in [3.63, 3.8) is 0 Å². The number of hydrogen-bond acceptors (Lipinski definition) is 7. The van der Waals surface area contributed by atoms with E-state index in [2.05, 4.69) is 25.1 Å². The number of aromatic amines is 1. The summed E-state index contributed by atoms with van der Waals surface area (Å²) in [7, 11) is 0. The number of ether oxygens (including phenoxy) is 1. The summed E-state index contributed by atoms with van der Waals surface area (Å²) in [6.45, 7) is 10.7. The Kier molecular flexibility index (Phi) is 5.92. The highest BCUT2D eigenvalue weighted by Gasteiger charge is 2.48. The van der Waals surface area contributed by atoms with Crippen molar-refractivity contribution in [2.45, 2.75) is 46.1 Å². The van der Waals surface area contributed by atoms with Gasteiger partial charge in [0.1, 0.15) is 11.4 Å². The fourth-order valence-electron chi connectivity index (χ4n) is 5.57. The van der Waals surface area contributed by atoms with Crippen LogP contribution < -0.4 is 4.90 Å². The molecule has 2 saturated heterocycles. The molecular formula is C27H29Cl2N7O2. The molecule has 0 unspecified atom stereocenters. The number of aromatic nitrogens is 5. The van der Waals surface area contributed by atoms with Crippen molar-refractivity contribution in [3.8, 4) is 11.3 Å². The second-order valence-electron chi connectivity index (χ2n) is 11.4. The van der Waals surface area contributed by atoms with Crippen LogP contribution in [0.2, 0.25) is 10.3 Å². The molecule has 1 aromatic carbocycles. The Morgan fingerprint density at radius 1 is 1.08 bits per heavy atom. The summed E-state index contributed by atoms with van der Waals surface area (Å²) < 4.78 is 5.53. The lowest BCUT2D eigenvalue weighted by molar-refractivity contribution is -0.0434. The number of hydrogen-bond donors (Lipinski definition) is 1. The van der Waals surface area contributed by atoms with Crippen molar-refractivity contribution >= 4 is 57.0 Å². The first-order chi connectivity index (χ1) is 18.0. The number of piperidine rings is 1. The molecule has 1 spiro atoms. The van der Waals surface area contributed by atoms with Crippen LogP contribution in [0.25, 0.3) is 33.2 Å². The molecule has 38 heavy (non-hydrogen) atoms. The van der Waals surface area contributed by atoms with Crippen LogP contribution in [0.3, 0.4) is 0 Å². The van der Waals surface area contributed by atoms with Crippen LogP contribution in [-0.4, -0.2) is 67.9 Å². The molecular weight excluding hydrogens is 525 g/mol. The molecule has 0 radical (unpaired) electrons. The molecule has 4 aromatic rings. The zero-order valence-electron chi connectivity index (χ0n) is 21.8. The van der Waals surface area contributed by atoms with Crippen molar-refractivity contribution in [1.29, 1.82) is 0 Å². The van der Waals surface area contributed by atoms with Gasteiger partial charge in [-0.15, -0.1) is 0 Å². The number of nitrogens with one attached hydrogen (secondary N) is 1. The summed E-state index contributed by atoms with van der Waals surface area (Å²) >= 11 is 13.2. The summed E-state index contributed by atoms with van der Waals surface area (Å²) in [5.74, 6) is 0.734. The predicted molar refractivity (Wildman–Crippen MR) is 149 cm³/mol. The first kappa shape index (κ1) is 25.1. The molecule has 0 bridgehead atoms. The van der Waals surface area contributed by atoms with Gasteiger partial charge in [-0.25, -0.2) is 9.78 Å². The normalized spacial score (nSPS) is 17.3. The first-order valence-corrected chi connectivity index (χ1v) is 13.5. The van der Waals surface area contributed by atoms with Crippen LogP contribution >= 0.6 is 23.2 Å². The number of carbonyl (C=O) groups excluding carboxylic acids is 1. The van der Waals surface area contributed by atoms with Crippen molar-refractivity contribution < 1.29 is 9.53 Å². The number of rotatable bonds is 2. The molecule has 0 saturated carbocycles. The van der Waals surface area contributed by atoms with Gasteiger partial charge in [0.2, 0.25) is 5.28 Å². The quantitative estimate of drug-likeness (QED) is 0.303. The number of nitrogens with zero attached hydrogens (tertiary/aromatic N) is 6. The third kappa shape index (κ3) is 4.41. The number of anilines is 1. The minimum absolute atomic E-state index is 0.115. The van der Waals surface area contributed by atoms with Gasteiger partial charge in [0.25, 0.3) is 0 Å². The molecule has 11 heteroatoms. The van der Waals surface area contributed by atoms with Gasteiger partial charge >= 0.3 is 6.09 Å². The average molecular weight is 554 g/mol. The molecule has 0 aliphatic carbocycles. The van der Waals surface area contributed by atoms with Crippen molar-refractivity contribution in [2.75, 3.05) is 31.1 Å². The van der Waals surface area contributed by atoms with Crippen molar-refractivity contribution in [3.05, 3.63) is 40.3 Å². The number of amides is 1. The van der Waals surface area contributed by atoms with E-state index in [0.717, 1.165) is 72.3 Å². The van der Waals surface area contributed by atoms with Crippen molar-refractivity contribution in [1.82, 2.24) is 30.0 Å². The summed E-state index contributed by atoms with van der Waals surface area (Å²) in [5, 5.41) is 9.56. The molecule has 0 atom stereocenters. The molecule has 2 aliphatic rings. The molecule has 1 amide bonds. The highest BCUT2D eigenvalue weighted by atomic mass is 35.5. The third-order valence-corrected chi connectivity index (χ3v) is 7.95. The summed E-state index contributed by atoms with van der Waals surface area (Å²) in [6, 6.07) is 5.90. The van der Waals surface area contributed by atoms with E-state index in [1.807, 2.05) is 45.9 Å². The van der Waals surface area contributed by atoms with Crippen LogP contribution in [0, 0.1) is 12.3 Å². The number of halogens is 2. The van der Waals surface area contributed by atoms with Gasteiger partial charge in [0.15, 0.2) is 5.65 Å². The molecule has 2 fully saturated rings. The number of benzene rings is 1. The summed E-state index contributed by atoms with van der Waals surface area (Å²) in [5.41, 5.74) is 3.62. The van der Waals surface area contributed by atoms with Gasteiger partial charge in [-0.2, -0.15) is 15.1 Å². The van der Waals surface area contributed by atoms with Gasteiger partial charge in [-0.05, 0) is 69.8 Å². The molecule has 198 valence electrons. The Balaban J connectivity index is 1.26. The molecule has 1 N–H and O–H groups in total. The number of likely N-dealkylation sites (tertiary alicyclic amines) is 1. The Hall–Kier alpha value is -3.17. The first-order valence-electron chi connectivity index (χ1n) is 12.7. The molecule has 2 aliphatic heterocycles. The Morgan fingerprint density at radius 3 is 2.53 bits per heavy atom. The van der Waals surface area contributed by atoms with Gasteiger partial charge in [0, 0.05) is 42.5 Å². The SMILES string of the molecule is Cc1ccc2[nH]ncc2c1-c1nc2nc(Cl)nc(N3CCC4(CC3)CN(C(=O)OC(C)(C)C)C4)c2cc1Cl. The fourth-order valence-corrected chi connectivity index (χ4v) is 5.98. The minimum Gasteiger partial charge on any atom is -0.444 e. The maximum absolute atomic E-state index is 12.4. The number of fused-ring (bicyclic) bond motifs is 2. The Bertz CT molecular complexity index is 1560. The lowest BCUT2D eigenvalue weighted by Gasteiger charge is -2.53. The van der Waals surface area contributed by atoms with E-state index in [0.29, 0.717) is 16.4 Å². The Labute approximate surface area is 230 Å². The number of H-pyrrole nitrogens is 1. The maximum atomic E-state index is 12.4. The van der Waals surface area contributed by atoms with Gasteiger partial charge < -0.3 is 14.5 Å². The zero-order chi connectivity index (χ0) is 26.8. The standard InChI is InChI=1S/C27H29Cl2N7O2/c1-15-5-6-19-17(12-30-34-19)20(15)21-18(28)11-16-22(31-21)32-24(29)33-23(16)35-9-7-27(8-10-35)13-36(14-27)25(37)38-26(2,3)4/h5-6,11-12H,7-10,13-14H2,1-4H3,(H,30,34). The van der Waals surface area contributed by atoms with Gasteiger partial charge in [-0.1, -0.05) is 17.7 Å². The van der Waals surface area contributed by atoms with Crippen LogP contribution in [0.5, 0.6) is 0 Å². The topological polar surface area (TPSA) is 100 Å². The Morgan fingerprint density at radius 2 is 1.82 bits per heavy atom. The molecule has 6 rings (SSSR count). The zero-order valence-corrected chi connectivity index (χ0v) is 23.3. The van der Waals surface area contributed by atoms with Crippen LogP contribution in [0.1, 0.15) is 39.2 Å². The maximum Gasteiger partial charge on any atom is 0.410 e. The molecule has 5 heterocycles. The lowest BCUT2D eigenvalue weighted by atomic mass is 9.72. The summed E-state index contributed by atoms with van der Waals surface area (Å²) in [6.07, 6.45) is 3.43. The highest BCUT2D eigenvalue weighted by molar-refractivity contribution is 6.34. The third-order valence-electron chi connectivity index (χ3n) is 7.49. The van der Waals surface area contributed by atoms with E-state index >= 15 is 0 Å². The minimum atomic E-state index is -0.491. The largest absolute Gasteiger partial charge is 0.444 e. The smallest absolute Gasteiger partial charge is 0.410 e. The predicted octanol–water partition coefficient (Wildman–Crippen LogP) is 6.02. The van der Waals surface area contributed by atoms with E-state index < -0.39 is 5.60 Å². The second-order valence-corrected chi connectivity index (χ2v) is 12.2. The number of carbonyl (C=O) groups is 1. The van der Waals surface area contributed by atoms with Crippen LogP contribution in [0.4, 0.5) is 10.6 Å². The van der Waals surface area contributed by atoms with Crippen LogP contribution in [0.15, 0.2) is 24.4 Å². The van der Waals surface area contributed by atoms with Crippen LogP contribution in [-0.2, 0) is 4.74 Å².